The van der Waals surface area contributed by atoms with Gasteiger partial charge in [0.25, 0.3) is 0 Å². The molecule has 1 fully saturated rings. The third-order valence-corrected chi connectivity index (χ3v) is 6.31. The molecule has 1 aliphatic rings. The van der Waals surface area contributed by atoms with Crippen LogP contribution in [0.15, 0.2) is 29.2 Å². The number of carbonyl (C=O) groups excluding carboxylic acids is 2. The summed E-state index contributed by atoms with van der Waals surface area (Å²) >= 11 is 0. The van der Waals surface area contributed by atoms with Crippen molar-refractivity contribution in [2.75, 3.05) is 38.5 Å². The molecule has 0 atom stereocenters. The van der Waals surface area contributed by atoms with Gasteiger partial charge < -0.3 is 10.6 Å². The number of amides is 2. The van der Waals surface area contributed by atoms with E-state index >= 15 is 0 Å². The van der Waals surface area contributed by atoms with Crippen LogP contribution in [0.1, 0.15) is 26.7 Å². The lowest BCUT2D eigenvalue weighted by Gasteiger charge is -2.19. The quantitative estimate of drug-likeness (QED) is 0.611. The number of sulfonamides is 1. The largest absolute Gasteiger partial charge is 0.352 e. The molecule has 9 heteroatoms. The van der Waals surface area contributed by atoms with E-state index < -0.39 is 10.0 Å². The second-order valence-corrected chi connectivity index (χ2v) is 8.61. The van der Waals surface area contributed by atoms with Crippen molar-refractivity contribution in [3.05, 3.63) is 24.3 Å². The van der Waals surface area contributed by atoms with Gasteiger partial charge in [0.1, 0.15) is 0 Å². The number of hydrogen-bond donors (Lipinski definition) is 2. The fourth-order valence-electron chi connectivity index (χ4n) is 2.67. The van der Waals surface area contributed by atoms with E-state index in [-0.39, 0.29) is 29.8 Å². The van der Waals surface area contributed by atoms with E-state index in [1.807, 2.05) is 0 Å². The highest BCUT2D eigenvalue weighted by Gasteiger charge is 2.24. The predicted molar refractivity (Wildman–Crippen MR) is 104 cm³/mol. The molecule has 1 aromatic rings. The Balaban J connectivity index is 1.87. The van der Waals surface area contributed by atoms with E-state index in [0.717, 1.165) is 12.8 Å². The molecule has 2 N–H and O–H groups in total. The lowest BCUT2D eigenvalue weighted by atomic mass is 10.3. The van der Waals surface area contributed by atoms with Crippen molar-refractivity contribution in [2.45, 2.75) is 37.6 Å². The van der Waals surface area contributed by atoms with Gasteiger partial charge in [-0.3, -0.25) is 14.5 Å². The van der Waals surface area contributed by atoms with Gasteiger partial charge in [-0.05, 0) is 44.2 Å². The summed E-state index contributed by atoms with van der Waals surface area (Å²) in [5, 5.41) is 5.59. The molecule has 1 saturated carbocycles. The standard InChI is InChI=1S/C18H28N4O4S/c1-4-22(5-2)27(25,26)16-10-8-15(9-11-16)20-18(24)13-21(3)12-17(23)19-14-6-7-14/h8-11,14H,4-7,12-13H2,1-3H3,(H,19,23)(H,20,24). The molecule has 0 heterocycles. The normalized spacial score (nSPS) is 14.4. The molecule has 150 valence electrons. The zero-order valence-corrected chi connectivity index (χ0v) is 16.9. The Kier molecular flexibility index (Phi) is 7.34. The van der Waals surface area contributed by atoms with Crippen LogP contribution < -0.4 is 10.6 Å². The number of rotatable bonds is 10. The molecule has 1 aromatic carbocycles. The SMILES string of the molecule is CCN(CC)S(=O)(=O)c1ccc(NC(=O)CN(C)CC(=O)NC2CC2)cc1. The minimum atomic E-state index is -3.52. The molecule has 0 spiro atoms. The first-order valence-corrected chi connectivity index (χ1v) is 10.6. The molecule has 0 unspecified atom stereocenters. The van der Waals surface area contributed by atoms with Gasteiger partial charge in [0.05, 0.1) is 18.0 Å². The summed E-state index contributed by atoms with van der Waals surface area (Å²) in [6.45, 7) is 4.60. The smallest absolute Gasteiger partial charge is 0.243 e. The molecule has 0 bridgehead atoms. The highest BCUT2D eigenvalue weighted by Crippen LogP contribution is 2.19. The lowest BCUT2D eigenvalue weighted by molar-refractivity contribution is -0.123. The summed E-state index contributed by atoms with van der Waals surface area (Å²) in [5.41, 5.74) is 0.509. The van der Waals surface area contributed by atoms with Crippen LogP contribution in [0, 0.1) is 0 Å². The van der Waals surface area contributed by atoms with Crippen molar-refractivity contribution in [3.8, 4) is 0 Å². The first-order valence-electron chi connectivity index (χ1n) is 9.14. The zero-order chi connectivity index (χ0) is 20.0. The third-order valence-electron chi connectivity index (χ3n) is 4.25. The van der Waals surface area contributed by atoms with Crippen LogP contribution in [-0.4, -0.2) is 68.7 Å². The Morgan fingerprint density at radius 1 is 1.04 bits per heavy atom. The maximum atomic E-state index is 12.5. The average molecular weight is 397 g/mol. The fraction of sp³-hybridized carbons (Fsp3) is 0.556. The number of nitrogens with zero attached hydrogens (tertiary/aromatic N) is 2. The van der Waals surface area contributed by atoms with Crippen LogP contribution in [0.2, 0.25) is 0 Å². The molecule has 2 rings (SSSR count). The first kappa shape index (κ1) is 21.3. The first-order chi connectivity index (χ1) is 12.8. The Hall–Kier alpha value is -1.97. The number of hydrogen-bond acceptors (Lipinski definition) is 5. The number of nitrogens with one attached hydrogen (secondary N) is 2. The van der Waals surface area contributed by atoms with Crippen molar-refractivity contribution >= 4 is 27.5 Å². The summed E-state index contributed by atoms with van der Waals surface area (Å²) in [6.07, 6.45) is 2.05. The van der Waals surface area contributed by atoms with Gasteiger partial charge in [0.15, 0.2) is 0 Å². The monoisotopic (exact) mass is 396 g/mol. The van der Waals surface area contributed by atoms with Crippen molar-refractivity contribution in [3.63, 3.8) is 0 Å². The minimum absolute atomic E-state index is 0.0670. The second kappa shape index (κ2) is 9.29. The molecule has 0 aromatic heterocycles. The van der Waals surface area contributed by atoms with E-state index in [4.69, 9.17) is 0 Å². The fourth-order valence-corrected chi connectivity index (χ4v) is 4.13. The van der Waals surface area contributed by atoms with Gasteiger partial charge in [-0.25, -0.2) is 8.42 Å². The summed E-state index contributed by atoms with van der Waals surface area (Å²) < 4.78 is 26.3. The molecule has 2 amide bonds. The Labute approximate surface area is 161 Å². The Bertz CT molecular complexity index is 756. The van der Waals surface area contributed by atoms with E-state index in [2.05, 4.69) is 10.6 Å². The summed E-state index contributed by atoms with van der Waals surface area (Å²) in [5.74, 6) is -0.352. The van der Waals surface area contributed by atoms with Crippen molar-refractivity contribution in [1.82, 2.24) is 14.5 Å². The summed E-state index contributed by atoms with van der Waals surface area (Å²) in [4.78, 5) is 25.7. The molecule has 0 saturated heterocycles. The van der Waals surface area contributed by atoms with Gasteiger partial charge in [0, 0.05) is 24.8 Å². The lowest BCUT2D eigenvalue weighted by Crippen LogP contribution is -2.39. The molecule has 8 nitrogen and oxygen atoms in total. The molecule has 0 aliphatic heterocycles. The zero-order valence-electron chi connectivity index (χ0n) is 16.1. The van der Waals surface area contributed by atoms with Crippen LogP contribution in [0.25, 0.3) is 0 Å². The Morgan fingerprint density at radius 2 is 1.59 bits per heavy atom. The van der Waals surface area contributed by atoms with Crippen LogP contribution in [-0.2, 0) is 19.6 Å². The maximum Gasteiger partial charge on any atom is 0.243 e. The van der Waals surface area contributed by atoms with Crippen molar-refractivity contribution < 1.29 is 18.0 Å². The number of likely N-dealkylation sites (N-methyl/N-ethyl adjacent to an activating group) is 1. The summed E-state index contributed by atoms with van der Waals surface area (Å²) in [6, 6.07) is 6.39. The molecule has 27 heavy (non-hydrogen) atoms. The van der Waals surface area contributed by atoms with E-state index in [0.29, 0.717) is 24.8 Å². The van der Waals surface area contributed by atoms with Gasteiger partial charge in [-0.15, -0.1) is 0 Å². The number of anilines is 1. The molecular formula is C18H28N4O4S. The van der Waals surface area contributed by atoms with E-state index in [1.165, 1.54) is 16.4 Å². The van der Waals surface area contributed by atoms with Crippen molar-refractivity contribution in [1.29, 1.82) is 0 Å². The number of benzene rings is 1. The minimum Gasteiger partial charge on any atom is -0.352 e. The maximum absolute atomic E-state index is 12.5. The molecule has 1 aliphatic carbocycles. The molecule has 0 radical (unpaired) electrons. The second-order valence-electron chi connectivity index (χ2n) is 6.68. The van der Waals surface area contributed by atoms with Crippen LogP contribution in [0.5, 0.6) is 0 Å². The summed E-state index contributed by atoms with van der Waals surface area (Å²) in [7, 11) is -1.82. The van der Waals surface area contributed by atoms with Crippen LogP contribution >= 0.6 is 0 Å². The Morgan fingerprint density at radius 3 is 2.11 bits per heavy atom. The highest BCUT2D eigenvalue weighted by atomic mass is 32.2. The van der Waals surface area contributed by atoms with E-state index in [1.54, 1.807) is 37.9 Å². The van der Waals surface area contributed by atoms with E-state index in [9.17, 15) is 18.0 Å². The van der Waals surface area contributed by atoms with Crippen LogP contribution in [0.4, 0.5) is 5.69 Å². The van der Waals surface area contributed by atoms with Crippen molar-refractivity contribution in [2.24, 2.45) is 0 Å². The topological polar surface area (TPSA) is 98.8 Å². The van der Waals surface area contributed by atoms with Gasteiger partial charge >= 0.3 is 0 Å². The van der Waals surface area contributed by atoms with Crippen LogP contribution in [0.3, 0.4) is 0 Å². The van der Waals surface area contributed by atoms with Gasteiger partial charge in [-0.1, -0.05) is 13.8 Å². The molecular weight excluding hydrogens is 368 g/mol. The average Bonchev–Trinajstić information content (AvgIpc) is 3.39. The predicted octanol–water partition coefficient (Wildman–Crippen LogP) is 0.866. The highest BCUT2D eigenvalue weighted by molar-refractivity contribution is 7.89. The van der Waals surface area contributed by atoms with Gasteiger partial charge in [0.2, 0.25) is 21.8 Å². The number of carbonyl (C=O) groups is 2. The van der Waals surface area contributed by atoms with Gasteiger partial charge in [-0.2, -0.15) is 4.31 Å². The third kappa shape index (κ3) is 6.30.